The Morgan fingerprint density at radius 3 is 1.86 bits per heavy atom. The quantitative estimate of drug-likeness (QED) is 0.716. The highest BCUT2D eigenvalue weighted by Gasteiger charge is 2.50. The van der Waals surface area contributed by atoms with Crippen LogP contribution in [0.15, 0.2) is 0 Å². The molecule has 0 heterocycles. The summed E-state index contributed by atoms with van der Waals surface area (Å²) in [6, 6.07) is 0. The Hall–Kier alpha value is -0.0400. The third-order valence-electron chi connectivity index (χ3n) is 4.89. The molecule has 4 bridgehead atoms. The number of hydrogen-bond acceptors (Lipinski definition) is 1. The molecule has 4 fully saturated rings. The van der Waals surface area contributed by atoms with E-state index in [1.165, 1.54) is 38.5 Å². The average molecular weight is 194 g/mol. The second kappa shape index (κ2) is 2.98. The number of rotatable bonds is 2. The number of aliphatic hydroxyl groups excluding tert-OH is 1. The van der Waals surface area contributed by atoms with Gasteiger partial charge in [-0.05, 0) is 75.0 Å². The van der Waals surface area contributed by atoms with Gasteiger partial charge >= 0.3 is 0 Å². The van der Waals surface area contributed by atoms with Crippen LogP contribution in [0.5, 0.6) is 0 Å². The second-order valence-corrected chi connectivity index (χ2v) is 6.47. The van der Waals surface area contributed by atoms with Crippen molar-refractivity contribution in [3.05, 3.63) is 0 Å². The molecule has 4 saturated carbocycles. The molecule has 4 aliphatic carbocycles. The summed E-state index contributed by atoms with van der Waals surface area (Å²) in [7, 11) is 0. The molecule has 0 aromatic heterocycles. The minimum atomic E-state index is -0.0775. The van der Waals surface area contributed by atoms with Crippen molar-refractivity contribution in [3.63, 3.8) is 0 Å². The van der Waals surface area contributed by atoms with E-state index in [9.17, 15) is 5.11 Å². The summed E-state index contributed by atoms with van der Waals surface area (Å²) in [6.07, 6.45) is 9.84. The fourth-order valence-corrected chi connectivity index (χ4v) is 5.17. The van der Waals surface area contributed by atoms with Crippen LogP contribution < -0.4 is 0 Å². The van der Waals surface area contributed by atoms with Gasteiger partial charge in [-0.25, -0.2) is 0 Å². The topological polar surface area (TPSA) is 20.2 Å². The lowest BCUT2D eigenvalue weighted by atomic mass is 9.48. The standard InChI is InChI=1S/C13H22O/c1-9(14)5-13-6-10-2-11(7-13)4-12(3-10)8-13/h9-12,14H,2-8H2,1H3/t9-,10?,11?,12?,13?/m1/s1. The van der Waals surface area contributed by atoms with Gasteiger partial charge in [0.15, 0.2) is 0 Å². The van der Waals surface area contributed by atoms with Crippen molar-refractivity contribution in [2.45, 2.75) is 58.0 Å². The van der Waals surface area contributed by atoms with Crippen molar-refractivity contribution in [2.75, 3.05) is 0 Å². The van der Waals surface area contributed by atoms with Crippen molar-refractivity contribution in [1.29, 1.82) is 0 Å². The van der Waals surface area contributed by atoms with Crippen molar-refractivity contribution in [3.8, 4) is 0 Å². The molecule has 0 aliphatic heterocycles. The minimum Gasteiger partial charge on any atom is -0.393 e. The summed E-state index contributed by atoms with van der Waals surface area (Å²) in [6.45, 7) is 1.97. The van der Waals surface area contributed by atoms with Gasteiger partial charge in [0.1, 0.15) is 0 Å². The van der Waals surface area contributed by atoms with Gasteiger partial charge in [-0.3, -0.25) is 0 Å². The first kappa shape index (κ1) is 9.21. The molecular weight excluding hydrogens is 172 g/mol. The van der Waals surface area contributed by atoms with Gasteiger partial charge in [0.25, 0.3) is 0 Å². The van der Waals surface area contributed by atoms with Gasteiger partial charge in [-0.2, -0.15) is 0 Å². The van der Waals surface area contributed by atoms with Crippen LogP contribution >= 0.6 is 0 Å². The maximum absolute atomic E-state index is 9.61. The molecule has 0 spiro atoms. The minimum absolute atomic E-state index is 0.0775. The van der Waals surface area contributed by atoms with E-state index in [4.69, 9.17) is 0 Å². The maximum atomic E-state index is 9.61. The molecule has 0 amide bonds. The molecule has 1 heteroatoms. The van der Waals surface area contributed by atoms with E-state index < -0.39 is 0 Å². The van der Waals surface area contributed by atoms with Crippen LogP contribution in [-0.2, 0) is 0 Å². The van der Waals surface area contributed by atoms with Gasteiger partial charge in [0.05, 0.1) is 6.10 Å². The summed E-state index contributed by atoms with van der Waals surface area (Å²) in [4.78, 5) is 0. The summed E-state index contributed by atoms with van der Waals surface area (Å²) in [5.41, 5.74) is 0.572. The summed E-state index contributed by atoms with van der Waals surface area (Å²) < 4.78 is 0. The molecule has 4 rings (SSSR count). The third kappa shape index (κ3) is 1.41. The smallest absolute Gasteiger partial charge is 0.0517 e. The first-order valence-electron chi connectivity index (χ1n) is 6.33. The van der Waals surface area contributed by atoms with E-state index in [1.807, 2.05) is 6.92 Å². The van der Waals surface area contributed by atoms with Crippen molar-refractivity contribution in [2.24, 2.45) is 23.2 Å². The van der Waals surface area contributed by atoms with Crippen LogP contribution in [0.4, 0.5) is 0 Å². The molecule has 1 nitrogen and oxygen atoms in total. The van der Waals surface area contributed by atoms with Crippen LogP contribution in [0.2, 0.25) is 0 Å². The van der Waals surface area contributed by atoms with Crippen molar-refractivity contribution < 1.29 is 5.11 Å². The first-order valence-corrected chi connectivity index (χ1v) is 6.33. The van der Waals surface area contributed by atoms with E-state index in [2.05, 4.69) is 0 Å². The van der Waals surface area contributed by atoms with Crippen molar-refractivity contribution >= 4 is 0 Å². The first-order chi connectivity index (χ1) is 6.65. The average Bonchev–Trinajstić information content (AvgIpc) is 1.96. The molecule has 14 heavy (non-hydrogen) atoms. The number of hydrogen-bond donors (Lipinski definition) is 1. The largest absolute Gasteiger partial charge is 0.393 e. The van der Waals surface area contributed by atoms with Gasteiger partial charge in [-0.1, -0.05) is 0 Å². The zero-order chi connectivity index (χ0) is 9.76. The molecule has 0 aromatic carbocycles. The van der Waals surface area contributed by atoms with E-state index in [1.54, 1.807) is 0 Å². The third-order valence-corrected chi connectivity index (χ3v) is 4.89. The molecule has 4 aliphatic rings. The van der Waals surface area contributed by atoms with E-state index in [0.717, 1.165) is 24.2 Å². The molecule has 1 N–H and O–H groups in total. The molecule has 1 atom stereocenters. The van der Waals surface area contributed by atoms with Gasteiger partial charge in [0, 0.05) is 0 Å². The molecular formula is C13H22O. The SMILES string of the molecule is C[C@@H](O)CC12CC3CC(CC(C3)C1)C2. The van der Waals surface area contributed by atoms with E-state index >= 15 is 0 Å². The lowest BCUT2D eigenvalue weighted by Gasteiger charge is -2.57. The van der Waals surface area contributed by atoms with Crippen LogP contribution in [-0.4, -0.2) is 11.2 Å². The molecule has 80 valence electrons. The lowest BCUT2D eigenvalue weighted by molar-refractivity contribution is -0.0735. The summed E-state index contributed by atoms with van der Waals surface area (Å²) in [5.74, 6) is 3.08. The molecule has 0 aromatic rings. The zero-order valence-corrected chi connectivity index (χ0v) is 9.21. The van der Waals surface area contributed by atoms with Gasteiger partial charge in [-0.15, -0.1) is 0 Å². The number of aliphatic hydroxyl groups is 1. The summed E-state index contributed by atoms with van der Waals surface area (Å²) >= 11 is 0. The van der Waals surface area contributed by atoms with E-state index in [0.29, 0.717) is 5.41 Å². The Bertz CT molecular complexity index is 190. The summed E-state index contributed by atoms with van der Waals surface area (Å²) in [5, 5.41) is 9.61. The monoisotopic (exact) mass is 194 g/mol. The predicted octanol–water partition coefficient (Wildman–Crippen LogP) is 2.97. The Balaban J connectivity index is 1.80. The Labute approximate surface area is 86.9 Å². The van der Waals surface area contributed by atoms with Crippen LogP contribution in [0.1, 0.15) is 51.9 Å². The Morgan fingerprint density at radius 2 is 1.50 bits per heavy atom. The van der Waals surface area contributed by atoms with Crippen LogP contribution in [0.25, 0.3) is 0 Å². The fraction of sp³-hybridized carbons (Fsp3) is 1.00. The highest BCUT2D eigenvalue weighted by atomic mass is 16.3. The highest BCUT2D eigenvalue weighted by Crippen LogP contribution is 2.61. The Kier molecular flexibility index (Phi) is 1.96. The lowest BCUT2D eigenvalue weighted by Crippen LogP contribution is -2.47. The van der Waals surface area contributed by atoms with Crippen LogP contribution in [0.3, 0.4) is 0 Å². The van der Waals surface area contributed by atoms with Gasteiger partial charge in [0.2, 0.25) is 0 Å². The van der Waals surface area contributed by atoms with Gasteiger partial charge < -0.3 is 5.11 Å². The Morgan fingerprint density at radius 1 is 1.07 bits per heavy atom. The molecule has 0 radical (unpaired) electrons. The maximum Gasteiger partial charge on any atom is 0.0517 e. The zero-order valence-electron chi connectivity index (χ0n) is 9.21. The van der Waals surface area contributed by atoms with E-state index in [-0.39, 0.29) is 6.10 Å². The fourth-order valence-electron chi connectivity index (χ4n) is 5.17. The predicted molar refractivity (Wildman–Crippen MR) is 56.9 cm³/mol. The van der Waals surface area contributed by atoms with Crippen molar-refractivity contribution in [1.82, 2.24) is 0 Å². The molecule has 0 unspecified atom stereocenters. The second-order valence-electron chi connectivity index (χ2n) is 6.47. The highest BCUT2D eigenvalue weighted by molar-refractivity contribution is 5.01. The van der Waals surface area contributed by atoms with Crippen LogP contribution in [0, 0.1) is 23.2 Å². The normalized spacial score (nSPS) is 52.3. The molecule has 0 saturated heterocycles.